The summed E-state index contributed by atoms with van der Waals surface area (Å²) in [6.45, 7) is 0.936. The number of phenolic OH excluding ortho intramolecular Hbond substituents is 1. The average Bonchev–Trinajstić information content (AvgIpc) is 3.03. The number of benzene rings is 2. The molecule has 31 heavy (non-hydrogen) atoms. The second-order valence-corrected chi connectivity index (χ2v) is 8.65. The number of thioether (sulfide) groups is 1. The van der Waals surface area contributed by atoms with Crippen LogP contribution in [0.2, 0.25) is 0 Å². The first-order chi connectivity index (χ1) is 15.0. The molecular weight excluding hydrogens is 432 g/mol. The number of nitrogens with zero attached hydrogens (tertiary/aromatic N) is 1. The molecule has 0 aromatic heterocycles. The van der Waals surface area contributed by atoms with Gasteiger partial charge in [-0.1, -0.05) is 48.2 Å². The lowest BCUT2D eigenvalue weighted by molar-refractivity contribution is -0.123. The highest BCUT2D eigenvalue weighted by Gasteiger charge is 2.31. The van der Waals surface area contributed by atoms with Gasteiger partial charge in [0.1, 0.15) is 15.8 Å². The molecule has 0 spiro atoms. The lowest BCUT2D eigenvalue weighted by Crippen LogP contribution is -2.31. The molecule has 0 atom stereocenters. The summed E-state index contributed by atoms with van der Waals surface area (Å²) in [5.41, 5.74) is 1.94. The summed E-state index contributed by atoms with van der Waals surface area (Å²) in [5.74, 6) is 0.796. The molecule has 1 aliphatic rings. The van der Waals surface area contributed by atoms with Crippen molar-refractivity contribution >= 4 is 46.2 Å². The summed E-state index contributed by atoms with van der Waals surface area (Å²) in [6.07, 6.45) is 3.36. The van der Waals surface area contributed by atoms with Crippen molar-refractivity contribution in [3.8, 4) is 11.5 Å². The molecule has 1 aliphatic heterocycles. The standard InChI is InChI=1S/C23H24N2O4S2/c1-29-19-10-6-17(7-11-19)15-20-22(28)25(23(30)31-20)14-2-3-21(27)24-13-12-16-4-8-18(26)9-5-16/h4-11,15,26H,2-3,12-14H2,1H3,(H,24,27)/b20-15-. The maximum Gasteiger partial charge on any atom is 0.266 e. The SMILES string of the molecule is COc1ccc(/C=C2\SC(=S)N(CCCC(=O)NCCc3ccc(O)cc3)C2=O)cc1. The Bertz CT molecular complexity index is 972. The fourth-order valence-electron chi connectivity index (χ4n) is 3.04. The van der Waals surface area contributed by atoms with E-state index < -0.39 is 0 Å². The van der Waals surface area contributed by atoms with E-state index in [-0.39, 0.29) is 17.6 Å². The van der Waals surface area contributed by atoms with Crippen LogP contribution >= 0.6 is 24.0 Å². The first kappa shape index (κ1) is 22.8. The first-order valence-corrected chi connectivity index (χ1v) is 11.1. The van der Waals surface area contributed by atoms with Crippen molar-refractivity contribution in [2.24, 2.45) is 0 Å². The molecular formula is C23H24N2O4S2. The average molecular weight is 457 g/mol. The predicted molar refractivity (Wildman–Crippen MR) is 127 cm³/mol. The van der Waals surface area contributed by atoms with Gasteiger partial charge < -0.3 is 15.2 Å². The van der Waals surface area contributed by atoms with E-state index in [4.69, 9.17) is 17.0 Å². The van der Waals surface area contributed by atoms with E-state index in [1.165, 1.54) is 11.8 Å². The summed E-state index contributed by atoms with van der Waals surface area (Å²) in [4.78, 5) is 26.9. The van der Waals surface area contributed by atoms with E-state index in [1.54, 1.807) is 24.1 Å². The number of hydrogen-bond donors (Lipinski definition) is 2. The predicted octanol–water partition coefficient (Wildman–Crippen LogP) is 3.74. The van der Waals surface area contributed by atoms with Gasteiger partial charge in [0.15, 0.2) is 0 Å². The topological polar surface area (TPSA) is 78.9 Å². The third-order valence-corrected chi connectivity index (χ3v) is 6.12. The van der Waals surface area contributed by atoms with Crippen molar-refractivity contribution in [3.05, 3.63) is 64.6 Å². The van der Waals surface area contributed by atoms with Crippen LogP contribution in [0, 0.1) is 0 Å². The zero-order valence-electron chi connectivity index (χ0n) is 17.2. The molecule has 0 aliphatic carbocycles. The van der Waals surface area contributed by atoms with Gasteiger partial charge in [-0.2, -0.15) is 0 Å². The van der Waals surface area contributed by atoms with Gasteiger partial charge in [0.05, 0.1) is 12.0 Å². The summed E-state index contributed by atoms with van der Waals surface area (Å²) in [5, 5.41) is 12.2. The van der Waals surface area contributed by atoms with Gasteiger partial charge >= 0.3 is 0 Å². The van der Waals surface area contributed by atoms with Gasteiger partial charge in [0, 0.05) is 19.5 Å². The molecule has 2 aromatic rings. The lowest BCUT2D eigenvalue weighted by atomic mass is 10.1. The van der Waals surface area contributed by atoms with E-state index >= 15 is 0 Å². The second kappa shape index (κ2) is 11.0. The Kier molecular flexibility index (Phi) is 8.08. The van der Waals surface area contributed by atoms with Gasteiger partial charge in [-0.25, -0.2) is 0 Å². The number of carbonyl (C=O) groups is 2. The van der Waals surface area contributed by atoms with E-state index in [0.717, 1.165) is 16.9 Å². The van der Waals surface area contributed by atoms with Crippen molar-refractivity contribution in [2.45, 2.75) is 19.3 Å². The maximum absolute atomic E-state index is 12.7. The van der Waals surface area contributed by atoms with Crippen LogP contribution < -0.4 is 10.1 Å². The van der Waals surface area contributed by atoms with Crippen molar-refractivity contribution in [1.29, 1.82) is 0 Å². The lowest BCUT2D eigenvalue weighted by Gasteiger charge is -2.14. The third kappa shape index (κ3) is 6.57. The number of nitrogens with one attached hydrogen (secondary N) is 1. The van der Waals surface area contributed by atoms with Crippen molar-refractivity contribution in [2.75, 3.05) is 20.2 Å². The fraction of sp³-hybridized carbons (Fsp3) is 0.261. The Labute approximate surface area is 191 Å². The van der Waals surface area contributed by atoms with Crippen molar-refractivity contribution < 1.29 is 19.4 Å². The van der Waals surface area contributed by atoms with Crippen LogP contribution in [0.1, 0.15) is 24.0 Å². The van der Waals surface area contributed by atoms with Crippen molar-refractivity contribution in [3.63, 3.8) is 0 Å². The number of phenols is 1. The number of hydrogen-bond acceptors (Lipinski definition) is 6. The molecule has 2 aromatic carbocycles. The largest absolute Gasteiger partial charge is 0.508 e. The minimum atomic E-state index is -0.126. The first-order valence-electron chi connectivity index (χ1n) is 9.90. The summed E-state index contributed by atoms with van der Waals surface area (Å²) < 4.78 is 5.66. The Morgan fingerprint density at radius 3 is 2.58 bits per heavy atom. The van der Waals surface area contributed by atoms with Crippen LogP contribution in [0.3, 0.4) is 0 Å². The minimum Gasteiger partial charge on any atom is -0.508 e. The Balaban J connectivity index is 1.42. The highest BCUT2D eigenvalue weighted by molar-refractivity contribution is 8.26. The smallest absolute Gasteiger partial charge is 0.266 e. The van der Waals surface area contributed by atoms with Crippen LogP contribution in [0.4, 0.5) is 0 Å². The number of aromatic hydroxyl groups is 1. The molecule has 162 valence electrons. The Hall–Kier alpha value is -2.84. The molecule has 0 unspecified atom stereocenters. The highest BCUT2D eigenvalue weighted by Crippen LogP contribution is 2.32. The van der Waals surface area contributed by atoms with E-state index in [1.807, 2.05) is 42.5 Å². The quantitative estimate of drug-likeness (QED) is 0.442. The Morgan fingerprint density at radius 1 is 1.19 bits per heavy atom. The number of methoxy groups -OCH3 is 1. The van der Waals surface area contributed by atoms with Crippen LogP contribution in [-0.2, 0) is 16.0 Å². The summed E-state index contributed by atoms with van der Waals surface area (Å²) in [7, 11) is 1.61. The van der Waals surface area contributed by atoms with Gasteiger partial charge in [-0.15, -0.1) is 0 Å². The zero-order valence-corrected chi connectivity index (χ0v) is 18.8. The molecule has 0 saturated carbocycles. The second-order valence-electron chi connectivity index (χ2n) is 6.98. The summed E-state index contributed by atoms with van der Waals surface area (Å²) >= 11 is 6.63. The van der Waals surface area contributed by atoms with Crippen LogP contribution in [0.15, 0.2) is 53.4 Å². The van der Waals surface area contributed by atoms with Gasteiger partial charge in [0.2, 0.25) is 5.91 Å². The van der Waals surface area contributed by atoms with Gasteiger partial charge in [-0.3, -0.25) is 14.5 Å². The number of carbonyl (C=O) groups excluding carboxylic acids is 2. The molecule has 8 heteroatoms. The molecule has 2 N–H and O–H groups in total. The van der Waals surface area contributed by atoms with Crippen LogP contribution in [-0.4, -0.2) is 46.3 Å². The third-order valence-electron chi connectivity index (χ3n) is 4.74. The van der Waals surface area contributed by atoms with Gasteiger partial charge in [0.25, 0.3) is 5.91 Å². The fourth-order valence-corrected chi connectivity index (χ4v) is 4.35. The minimum absolute atomic E-state index is 0.0574. The molecule has 3 rings (SSSR count). The molecule has 1 saturated heterocycles. The monoisotopic (exact) mass is 456 g/mol. The van der Waals surface area contributed by atoms with Crippen LogP contribution in [0.5, 0.6) is 11.5 Å². The molecule has 1 heterocycles. The molecule has 2 amide bonds. The number of thiocarbonyl (C=S) groups is 1. The molecule has 1 fully saturated rings. The highest BCUT2D eigenvalue weighted by atomic mass is 32.2. The molecule has 0 bridgehead atoms. The van der Waals surface area contributed by atoms with E-state index in [9.17, 15) is 14.7 Å². The van der Waals surface area contributed by atoms with E-state index in [2.05, 4.69) is 5.32 Å². The van der Waals surface area contributed by atoms with E-state index in [0.29, 0.717) is 41.6 Å². The maximum atomic E-state index is 12.7. The number of ether oxygens (including phenoxy) is 1. The van der Waals surface area contributed by atoms with Crippen LogP contribution in [0.25, 0.3) is 6.08 Å². The molecule has 6 nitrogen and oxygen atoms in total. The number of amides is 2. The normalized spacial score (nSPS) is 14.9. The summed E-state index contributed by atoms with van der Waals surface area (Å²) in [6, 6.07) is 14.4. The zero-order chi connectivity index (χ0) is 22.2. The van der Waals surface area contributed by atoms with Crippen molar-refractivity contribution in [1.82, 2.24) is 10.2 Å². The number of rotatable bonds is 9. The van der Waals surface area contributed by atoms with Gasteiger partial charge in [-0.05, 0) is 54.3 Å². The molecule has 0 radical (unpaired) electrons. The Morgan fingerprint density at radius 2 is 1.90 bits per heavy atom.